The number of phenols is 1. The molecule has 0 saturated carbocycles. The van der Waals surface area contributed by atoms with Gasteiger partial charge in [0.1, 0.15) is 12.3 Å². The Morgan fingerprint density at radius 2 is 1.95 bits per heavy atom. The van der Waals surface area contributed by atoms with E-state index in [1.807, 2.05) is 43.3 Å². The summed E-state index contributed by atoms with van der Waals surface area (Å²) in [5.74, 6) is -1.96. The second-order valence-corrected chi connectivity index (χ2v) is 9.95. The summed E-state index contributed by atoms with van der Waals surface area (Å²) in [6.07, 6.45) is -0.922. The lowest BCUT2D eigenvalue weighted by molar-refractivity contribution is -0.110. The lowest BCUT2D eigenvalue weighted by Crippen LogP contribution is -2.44. The van der Waals surface area contributed by atoms with Crippen LogP contribution in [0.5, 0.6) is 11.5 Å². The number of hydrazone groups is 1. The topological polar surface area (TPSA) is 107 Å². The molecule has 3 aromatic rings. The highest BCUT2D eigenvalue weighted by molar-refractivity contribution is 6.49. The Morgan fingerprint density at radius 3 is 2.70 bits per heavy atom. The number of aromatic hydroxyl groups is 1. The first kappa shape index (κ1) is 25.6. The van der Waals surface area contributed by atoms with Crippen molar-refractivity contribution in [3.8, 4) is 11.5 Å². The van der Waals surface area contributed by atoms with Gasteiger partial charge >= 0.3 is 0 Å². The Kier molecular flexibility index (Phi) is 6.30. The van der Waals surface area contributed by atoms with Gasteiger partial charge in [-0.15, -0.1) is 0 Å². The normalized spacial score (nSPS) is 20.1. The third-order valence-corrected chi connectivity index (χ3v) is 7.46. The lowest BCUT2D eigenvalue weighted by Gasteiger charge is -2.36. The van der Waals surface area contributed by atoms with Crippen LogP contribution in [0.4, 0.5) is 15.8 Å². The number of phenolic OH excluding ortho intramolecular Hbond substituents is 1. The number of methoxy groups -OCH3 is 1. The molecule has 11 heteroatoms. The maximum atomic E-state index is 14.6. The van der Waals surface area contributed by atoms with Crippen molar-refractivity contribution in [2.45, 2.75) is 19.2 Å². The number of nitrogens with zero attached hydrogens (tertiary/aromatic N) is 4. The Hall–Kier alpha value is -4.64. The van der Waals surface area contributed by atoms with Gasteiger partial charge in [-0.1, -0.05) is 30.3 Å². The molecule has 3 aliphatic heterocycles. The first-order valence-electron chi connectivity index (χ1n) is 12.9. The first-order valence-corrected chi connectivity index (χ1v) is 12.9. The standard InChI is InChI=1S/C29H28FN5O5/c1-16-11-22-21(14-19(16)29(38)34-9-10-40-24(15-34)17-7-5-4-6-8-17)31-27(37)26-32-33(2)28(35(22)26)18-12-20(30)25(36)23(13-18)39-3/h4-8,11-14,24,28,36H,9-10,15H2,1-3H3,(H,31,37). The van der Waals surface area contributed by atoms with Crippen LogP contribution in [0.1, 0.15) is 39.3 Å². The Morgan fingerprint density at radius 1 is 1.18 bits per heavy atom. The van der Waals surface area contributed by atoms with Crippen molar-refractivity contribution in [3.05, 3.63) is 82.7 Å². The summed E-state index contributed by atoms with van der Waals surface area (Å²) in [6.45, 7) is 3.12. The van der Waals surface area contributed by atoms with E-state index >= 15 is 0 Å². The van der Waals surface area contributed by atoms with Crippen LogP contribution in [0.15, 0.2) is 59.7 Å². The number of carbonyl (C=O) groups is 2. The largest absolute Gasteiger partial charge is 0.502 e. The molecule has 0 aliphatic carbocycles. The van der Waals surface area contributed by atoms with Gasteiger partial charge in [0.25, 0.3) is 11.8 Å². The molecule has 2 N–H and O–H groups in total. The van der Waals surface area contributed by atoms with Crippen LogP contribution in [0.2, 0.25) is 0 Å². The third kappa shape index (κ3) is 4.19. The molecule has 2 amide bonds. The molecule has 206 valence electrons. The molecule has 0 radical (unpaired) electrons. The molecule has 2 atom stereocenters. The molecule has 40 heavy (non-hydrogen) atoms. The average molecular weight is 546 g/mol. The number of anilines is 2. The van der Waals surface area contributed by atoms with E-state index in [-0.39, 0.29) is 23.6 Å². The molecular formula is C29H28FN5O5. The zero-order valence-corrected chi connectivity index (χ0v) is 22.2. The van der Waals surface area contributed by atoms with Crippen molar-refractivity contribution < 1.29 is 28.6 Å². The summed E-state index contributed by atoms with van der Waals surface area (Å²) in [5, 5.41) is 18.8. The smallest absolute Gasteiger partial charge is 0.293 e. The van der Waals surface area contributed by atoms with Crippen LogP contribution in [-0.4, -0.2) is 66.5 Å². The zero-order valence-electron chi connectivity index (χ0n) is 22.2. The third-order valence-electron chi connectivity index (χ3n) is 7.46. The van der Waals surface area contributed by atoms with Crippen molar-refractivity contribution in [1.29, 1.82) is 0 Å². The second kappa shape index (κ2) is 9.83. The first-order chi connectivity index (χ1) is 19.3. The van der Waals surface area contributed by atoms with Gasteiger partial charge in [-0.05, 0) is 42.3 Å². The molecule has 1 fully saturated rings. The lowest BCUT2D eigenvalue weighted by atomic mass is 10.0. The fourth-order valence-electron chi connectivity index (χ4n) is 5.47. The predicted molar refractivity (Wildman–Crippen MR) is 146 cm³/mol. The highest BCUT2D eigenvalue weighted by Crippen LogP contribution is 2.44. The minimum atomic E-state index is -0.852. The molecule has 6 rings (SSSR count). The number of nitrogens with one attached hydrogen (secondary N) is 1. The fourth-order valence-corrected chi connectivity index (χ4v) is 5.47. The quantitative estimate of drug-likeness (QED) is 0.514. The van der Waals surface area contributed by atoms with E-state index in [4.69, 9.17) is 9.47 Å². The number of hydrogen-bond acceptors (Lipinski definition) is 8. The summed E-state index contributed by atoms with van der Waals surface area (Å²) in [6, 6.07) is 16.0. The van der Waals surface area contributed by atoms with Gasteiger partial charge < -0.3 is 24.8 Å². The maximum Gasteiger partial charge on any atom is 0.293 e. The minimum Gasteiger partial charge on any atom is -0.502 e. The van der Waals surface area contributed by atoms with E-state index in [1.165, 1.54) is 19.2 Å². The van der Waals surface area contributed by atoms with Crippen LogP contribution < -0.4 is 15.0 Å². The molecule has 1 saturated heterocycles. The summed E-state index contributed by atoms with van der Waals surface area (Å²) >= 11 is 0. The predicted octanol–water partition coefficient (Wildman–Crippen LogP) is 3.78. The molecule has 10 nitrogen and oxygen atoms in total. The number of amides is 2. The van der Waals surface area contributed by atoms with Crippen molar-refractivity contribution in [1.82, 2.24) is 9.91 Å². The fraction of sp³-hybridized carbons (Fsp3) is 0.276. The van der Waals surface area contributed by atoms with Gasteiger partial charge in [0.15, 0.2) is 17.3 Å². The Balaban J connectivity index is 1.35. The van der Waals surface area contributed by atoms with E-state index in [0.29, 0.717) is 47.8 Å². The maximum absolute atomic E-state index is 14.6. The summed E-state index contributed by atoms with van der Waals surface area (Å²) in [4.78, 5) is 30.3. The molecular weight excluding hydrogens is 517 g/mol. The highest BCUT2D eigenvalue weighted by atomic mass is 19.1. The van der Waals surface area contributed by atoms with Crippen LogP contribution in [0.3, 0.4) is 0 Å². The molecule has 3 aliphatic rings. The highest BCUT2D eigenvalue weighted by Gasteiger charge is 2.43. The molecule has 2 unspecified atom stereocenters. The molecule has 0 bridgehead atoms. The van der Waals surface area contributed by atoms with Crippen LogP contribution in [-0.2, 0) is 9.53 Å². The summed E-state index contributed by atoms with van der Waals surface area (Å²) < 4.78 is 25.7. The molecule has 3 heterocycles. The van der Waals surface area contributed by atoms with Crippen molar-refractivity contribution >= 4 is 29.0 Å². The number of fused-ring (bicyclic) bond motifs is 3. The van der Waals surface area contributed by atoms with E-state index in [0.717, 1.165) is 5.56 Å². The number of ether oxygens (including phenoxy) is 2. The number of morpholine rings is 1. The van der Waals surface area contributed by atoms with Gasteiger partial charge in [-0.2, -0.15) is 5.10 Å². The number of aryl methyl sites for hydroxylation is 1. The zero-order chi connectivity index (χ0) is 28.1. The van der Waals surface area contributed by atoms with E-state index in [2.05, 4.69) is 10.4 Å². The number of benzene rings is 3. The number of carbonyl (C=O) groups excluding carboxylic acids is 2. The van der Waals surface area contributed by atoms with E-state index < -0.39 is 23.6 Å². The summed E-state index contributed by atoms with van der Waals surface area (Å²) in [5.41, 5.74) is 3.66. The van der Waals surface area contributed by atoms with Gasteiger partial charge in [-0.25, -0.2) is 4.39 Å². The van der Waals surface area contributed by atoms with Crippen LogP contribution >= 0.6 is 0 Å². The Bertz CT molecular complexity index is 1550. The summed E-state index contributed by atoms with van der Waals surface area (Å²) in [7, 11) is 3.01. The van der Waals surface area contributed by atoms with Gasteiger partial charge in [0.05, 0.1) is 31.6 Å². The van der Waals surface area contributed by atoms with E-state index in [1.54, 1.807) is 27.9 Å². The van der Waals surface area contributed by atoms with Crippen LogP contribution in [0, 0.1) is 12.7 Å². The van der Waals surface area contributed by atoms with Crippen molar-refractivity contribution in [3.63, 3.8) is 0 Å². The van der Waals surface area contributed by atoms with E-state index in [9.17, 15) is 19.1 Å². The van der Waals surface area contributed by atoms with Crippen molar-refractivity contribution in [2.75, 3.05) is 44.1 Å². The molecule has 0 spiro atoms. The van der Waals surface area contributed by atoms with Gasteiger partial charge in [0, 0.05) is 24.7 Å². The number of hydrogen-bond donors (Lipinski definition) is 2. The number of halogens is 1. The SMILES string of the molecule is COc1cc(C2N(C)N=C3C(=O)Nc4cc(C(=O)N5CCOC(c6ccccc6)C5)c(C)cc4N32)cc(F)c1O. The second-order valence-electron chi connectivity index (χ2n) is 9.95. The van der Waals surface area contributed by atoms with Crippen molar-refractivity contribution in [2.24, 2.45) is 5.10 Å². The van der Waals surface area contributed by atoms with Gasteiger partial charge in [-0.3, -0.25) is 19.5 Å². The molecule has 0 aromatic heterocycles. The van der Waals surface area contributed by atoms with Crippen LogP contribution in [0.25, 0.3) is 0 Å². The average Bonchev–Trinajstić information content (AvgIpc) is 3.32. The number of rotatable bonds is 4. The van der Waals surface area contributed by atoms with Gasteiger partial charge in [0.2, 0.25) is 5.84 Å². The number of amidine groups is 1. The Labute approximate surface area is 230 Å². The molecule has 3 aromatic carbocycles. The minimum absolute atomic E-state index is 0.0324. The monoisotopic (exact) mass is 545 g/mol.